The summed E-state index contributed by atoms with van der Waals surface area (Å²) in [5, 5.41) is 6.37. The molecule has 0 spiro atoms. The lowest BCUT2D eigenvalue weighted by Crippen LogP contribution is -2.54. The Morgan fingerprint density at radius 3 is 2.81 bits per heavy atom. The highest BCUT2D eigenvalue weighted by atomic mass is 35.5. The van der Waals surface area contributed by atoms with Gasteiger partial charge in [0.2, 0.25) is 5.91 Å². The fraction of sp³-hybridized carbons (Fsp3) is 0.750. The fourth-order valence-corrected chi connectivity index (χ4v) is 2.13. The van der Waals surface area contributed by atoms with Gasteiger partial charge in [-0.3, -0.25) is 4.79 Å². The number of carbonyl (C=O) groups is 1. The van der Waals surface area contributed by atoms with Crippen molar-refractivity contribution in [2.24, 2.45) is 0 Å². The van der Waals surface area contributed by atoms with Gasteiger partial charge in [0, 0.05) is 6.04 Å². The van der Waals surface area contributed by atoms with Crippen molar-refractivity contribution >= 4 is 18.3 Å². The molecule has 0 aromatic rings. The summed E-state index contributed by atoms with van der Waals surface area (Å²) in [5.74, 6) is 0.150. The van der Waals surface area contributed by atoms with Crippen LogP contribution in [0.15, 0.2) is 12.7 Å². The van der Waals surface area contributed by atoms with Crippen molar-refractivity contribution in [3.05, 3.63) is 12.7 Å². The Morgan fingerprint density at radius 1 is 1.69 bits per heavy atom. The van der Waals surface area contributed by atoms with Crippen molar-refractivity contribution in [1.82, 2.24) is 10.6 Å². The number of hydrogen-bond acceptors (Lipinski definition) is 2. The van der Waals surface area contributed by atoms with Gasteiger partial charge in [-0.25, -0.2) is 0 Å². The molecule has 2 atom stereocenters. The highest BCUT2D eigenvalue weighted by Gasteiger charge is 2.39. The first-order chi connectivity index (χ1) is 7.14. The third kappa shape index (κ3) is 3.49. The molecule has 2 unspecified atom stereocenters. The van der Waals surface area contributed by atoms with Crippen molar-refractivity contribution < 1.29 is 4.79 Å². The molecule has 4 heteroatoms. The molecule has 2 N–H and O–H groups in total. The summed E-state index contributed by atoms with van der Waals surface area (Å²) in [7, 11) is 0. The smallest absolute Gasteiger partial charge is 0.240 e. The topological polar surface area (TPSA) is 41.1 Å². The fourth-order valence-electron chi connectivity index (χ4n) is 2.13. The Balaban J connectivity index is 0.00000225. The summed E-state index contributed by atoms with van der Waals surface area (Å²) in [5.41, 5.74) is -0.310. The molecular formula is C12H23ClN2O. The van der Waals surface area contributed by atoms with Crippen LogP contribution in [0.4, 0.5) is 0 Å². The van der Waals surface area contributed by atoms with E-state index in [1.54, 1.807) is 0 Å². The standard InChI is InChI=1S/C12H22N2O.ClH/c1-4-7-10(3)14-11(15)12(5-2)8-6-9-13-12;/h4,10,13H,1,5-9H2,2-3H3,(H,14,15);1H. The Labute approximate surface area is 104 Å². The first-order valence-corrected chi connectivity index (χ1v) is 5.81. The van der Waals surface area contributed by atoms with Crippen LogP contribution < -0.4 is 10.6 Å². The minimum atomic E-state index is -0.310. The zero-order valence-corrected chi connectivity index (χ0v) is 11.0. The highest BCUT2D eigenvalue weighted by molar-refractivity contribution is 5.86. The van der Waals surface area contributed by atoms with E-state index in [9.17, 15) is 4.79 Å². The average Bonchev–Trinajstić information content (AvgIpc) is 2.67. The molecule has 1 rings (SSSR count). The largest absolute Gasteiger partial charge is 0.352 e. The van der Waals surface area contributed by atoms with Gasteiger partial charge in [0.05, 0.1) is 5.54 Å². The molecule has 1 aliphatic heterocycles. The van der Waals surface area contributed by atoms with Crippen LogP contribution in [0.2, 0.25) is 0 Å². The van der Waals surface area contributed by atoms with Crippen LogP contribution in [0.5, 0.6) is 0 Å². The zero-order valence-electron chi connectivity index (χ0n) is 10.2. The minimum Gasteiger partial charge on any atom is -0.352 e. The van der Waals surface area contributed by atoms with Gasteiger partial charge in [-0.2, -0.15) is 0 Å². The van der Waals surface area contributed by atoms with E-state index in [0.717, 1.165) is 32.2 Å². The maximum absolute atomic E-state index is 12.1. The Bertz CT molecular complexity index is 237. The average molecular weight is 247 g/mol. The van der Waals surface area contributed by atoms with E-state index in [1.165, 1.54) is 0 Å². The van der Waals surface area contributed by atoms with Gasteiger partial charge in [-0.15, -0.1) is 19.0 Å². The Morgan fingerprint density at radius 2 is 2.38 bits per heavy atom. The van der Waals surface area contributed by atoms with Crippen LogP contribution in [0.1, 0.15) is 39.5 Å². The minimum absolute atomic E-state index is 0. The summed E-state index contributed by atoms with van der Waals surface area (Å²) in [6.45, 7) is 8.71. The van der Waals surface area contributed by atoms with Crippen LogP contribution in [-0.4, -0.2) is 24.0 Å². The van der Waals surface area contributed by atoms with E-state index in [1.807, 2.05) is 13.0 Å². The molecule has 0 aromatic carbocycles. The number of halogens is 1. The van der Waals surface area contributed by atoms with E-state index in [2.05, 4.69) is 24.1 Å². The van der Waals surface area contributed by atoms with Crippen molar-refractivity contribution in [3.8, 4) is 0 Å². The number of amides is 1. The van der Waals surface area contributed by atoms with Gasteiger partial charge >= 0.3 is 0 Å². The summed E-state index contributed by atoms with van der Waals surface area (Å²) >= 11 is 0. The second-order valence-electron chi connectivity index (χ2n) is 4.36. The summed E-state index contributed by atoms with van der Waals surface area (Å²) in [4.78, 5) is 12.1. The van der Waals surface area contributed by atoms with Crippen molar-refractivity contribution in [2.45, 2.75) is 51.1 Å². The molecule has 0 aliphatic carbocycles. The molecule has 0 radical (unpaired) electrons. The first-order valence-electron chi connectivity index (χ1n) is 5.81. The highest BCUT2D eigenvalue weighted by Crippen LogP contribution is 2.23. The van der Waals surface area contributed by atoms with E-state index < -0.39 is 0 Å². The van der Waals surface area contributed by atoms with Gasteiger partial charge in [-0.1, -0.05) is 13.0 Å². The van der Waals surface area contributed by atoms with Gasteiger partial charge in [0.25, 0.3) is 0 Å². The van der Waals surface area contributed by atoms with Crippen LogP contribution in [0.3, 0.4) is 0 Å². The predicted molar refractivity (Wildman–Crippen MR) is 69.9 cm³/mol. The Kier molecular flexibility index (Phi) is 6.68. The second kappa shape index (κ2) is 6.92. The van der Waals surface area contributed by atoms with Crippen molar-refractivity contribution in [2.75, 3.05) is 6.54 Å². The third-order valence-corrected chi connectivity index (χ3v) is 3.18. The molecule has 0 aromatic heterocycles. The Hall–Kier alpha value is -0.540. The van der Waals surface area contributed by atoms with E-state index in [4.69, 9.17) is 0 Å². The maximum atomic E-state index is 12.1. The molecule has 16 heavy (non-hydrogen) atoms. The van der Waals surface area contributed by atoms with Crippen LogP contribution in [0.25, 0.3) is 0 Å². The monoisotopic (exact) mass is 246 g/mol. The molecule has 1 fully saturated rings. The molecule has 1 heterocycles. The quantitative estimate of drug-likeness (QED) is 0.729. The molecule has 1 saturated heterocycles. The summed E-state index contributed by atoms with van der Waals surface area (Å²) in [6.07, 6.45) is 5.57. The molecule has 94 valence electrons. The van der Waals surface area contributed by atoms with Crippen LogP contribution in [0, 0.1) is 0 Å². The third-order valence-electron chi connectivity index (χ3n) is 3.18. The lowest BCUT2D eigenvalue weighted by atomic mass is 9.92. The van der Waals surface area contributed by atoms with E-state index >= 15 is 0 Å². The van der Waals surface area contributed by atoms with Crippen molar-refractivity contribution in [3.63, 3.8) is 0 Å². The molecule has 3 nitrogen and oxygen atoms in total. The summed E-state index contributed by atoms with van der Waals surface area (Å²) in [6, 6.07) is 0.181. The number of rotatable bonds is 5. The zero-order chi connectivity index (χ0) is 11.3. The number of carbonyl (C=O) groups excluding carboxylic acids is 1. The normalized spacial score (nSPS) is 25.6. The van der Waals surface area contributed by atoms with E-state index in [-0.39, 0.29) is 29.9 Å². The van der Waals surface area contributed by atoms with Crippen molar-refractivity contribution in [1.29, 1.82) is 0 Å². The lowest BCUT2D eigenvalue weighted by Gasteiger charge is -2.28. The van der Waals surface area contributed by atoms with Crippen LogP contribution >= 0.6 is 12.4 Å². The maximum Gasteiger partial charge on any atom is 0.240 e. The van der Waals surface area contributed by atoms with E-state index in [0.29, 0.717) is 0 Å². The second-order valence-corrected chi connectivity index (χ2v) is 4.36. The molecule has 1 amide bonds. The number of nitrogens with one attached hydrogen (secondary N) is 2. The van der Waals surface area contributed by atoms with Gasteiger partial charge in [0.1, 0.15) is 0 Å². The molecule has 0 bridgehead atoms. The van der Waals surface area contributed by atoms with Gasteiger partial charge in [-0.05, 0) is 39.2 Å². The molecular weight excluding hydrogens is 224 g/mol. The predicted octanol–water partition coefficient (Wildman–Crippen LogP) is 2.02. The first kappa shape index (κ1) is 15.5. The van der Waals surface area contributed by atoms with Gasteiger partial charge < -0.3 is 10.6 Å². The molecule has 1 aliphatic rings. The molecule has 0 saturated carbocycles. The number of hydrogen-bond donors (Lipinski definition) is 2. The van der Waals surface area contributed by atoms with Gasteiger partial charge in [0.15, 0.2) is 0 Å². The summed E-state index contributed by atoms with van der Waals surface area (Å²) < 4.78 is 0. The van der Waals surface area contributed by atoms with Crippen LogP contribution in [-0.2, 0) is 4.79 Å². The lowest BCUT2D eigenvalue weighted by molar-refractivity contribution is -0.127. The SMILES string of the molecule is C=CCC(C)NC(=O)C1(CC)CCCN1.Cl.